The quantitative estimate of drug-likeness (QED) is 0.405. The minimum absolute atomic E-state index is 0.0333. The Morgan fingerprint density at radius 3 is 2.36 bits per heavy atom. The van der Waals surface area contributed by atoms with Crippen molar-refractivity contribution in [2.24, 2.45) is 0 Å². The predicted molar refractivity (Wildman–Crippen MR) is 139 cm³/mol. The number of carbonyl (C=O) groups is 2. The molecule has 0 heterocycles. The third-order valence-electron chi connectivity index (χ3n) is 6.04. The zero-order chi connectivity index (χ0) is 23.8. The predicted octanol–water partition coefficient (Wildman–Crippen LogP) is 6.40. The number of benzene rings is 2. The summed E-state index contributed by atoms with van der Waals surface area (Å²) in [4.78, 5) is 28.2. The van der Waals surface area contributed by atoms with Gasteiger partial charge in [-0.3, -0.25) is 9.59 Å². The molecule has 1 saturated carbocycles. The molecule has 2 amide bonds. The van der Waals surface area contributed by atoms with Crippen LogP contribution in [-0.4, -0.2) is 34.6 Å². The highest BCUT2D eigenvalue weighted by Gasteiger charge is 2.30. The second-order valence-corrected chi connectivity index (χ2v) is 10.5. The highest BCUT2D eigenvalue weighted by Crippen LogP contribution is 2.25. The minimum atomic E-state index is -0.482. The lowest BCUT2D eigenvalue weighted by Crippen LogP contribution is -2.51. The summed E-state index contributed by atoms with van der Waals surface area (Å²) in [6, 6.07) is 13.4. The maximum absolute atomic E-state index is 13.3. The molecule has 0 aromatic heterocycles. The molecule has 1 unspecified atom stereocenters. The van der Waals surface area contributed by atoms with Gasteiger partial charge in [0.2, 0.25) is 11.8 Å². The molecule has 4 nitrogen and oxygen atoms in total. The third-order valence-corrected chi connectivity index (χ3v) is 7.77. The number of carbonyl (C=O) groups excluding carboxylic acids is 2. The Labute approximate surface area is 211 Å². The number of nitrogens with one attached hydrogen (secondary N) is 1. The smallest absolute Gasteiger partial charge is 0.243 e. The van der Waals surface area contributed by atoms with E-state index in [1.807, 2.05) is 50.2 Å². The molecule has 1 aliphatic rings. The number of nitrogens with zero attached hydrogens (tertiary/aromatic N) is 1. The molecule has 178 valence electrons. The average molecular weight is 508 g/mol. The molecule has 0 aliphatic heterocycles. The van der Waals surface area contributed by atoms with E-state index in [1.54, 1.807) is 11.0 Å². The van der Waals surface area contributed by atoms with Gasteiger partial charge in [-0.1, -0.05) is 78.9 Å². The molecule has 0 bridgehead atoms. The fourth-order valence-corrected chi connectivity index (χ4v) is 5.32. The first-order chi connectivity index (χ1) is 15.9. The standard InChI is InChI=1S/C26H32Cl2N2O2S/c1-3-24(26(32)29-21-6-4-5-7-21)30(15-19-10-8-18(2)9-11-19)25(31)17-33-16-20-12-13-22(27)23(28)14-20/h8-14,21,24H,3-7,15-17H2,1-2H3,(H,29,32). The van der Waals surface area contributed by atoms with Gasteiger partial charge in [0, 0.05) is 18.3 Å². The lowest BCUT2D eigenvalue weighted by atomic mass is 10.1. The van der Waals surface area contributed by atoms with Crippen molar-refractivity contribution in [1.82, 2.24) is 10.2 Å². The highest BCUT2D eigenvalue weighted by molar-refractivity contribution is 7.99. The van der Waals surface area contributed by atoms with Crippen LogP contribution in [-0.2, 0) is 21.9 Å². The van der Waals surface area contributed by atoms with Gasteiger partial charge in [0.1, 0.15) is 6.04 Å². The summed E-state index contributed by atoms with van der Waals surface area (Å²) < 4.78 is 0. The lowest BCUT2D eigenvalue weighted by Gasteiger charge is -2.31. The fraction of sp³-hybridized carbons (Fsp3) is 0.462. The molecule has 1 aliphatic carbocycles. The van der Waals surface area contributed by atoms with Crippen LogP contribution in [0, 0.1) is 6.92 Å². The molecule has 2 aromatic carbocycles. The number of hydrogen-bond donors (Lipinski definition) is 1. The minimum Gasteiger partial charge on any atom is -0.352 e. The van der Waals surface area contributed by atoms with Gasteiger partial charge in [-0.15, -0.1) is 11.8 Å². The number of rotatable bonds is 10. The van der Waals surface area contributed by atoms with Crippen molar-refractivity contribution < 1.29 is 9.59 Å². The largest absolute Gasteiger partial charge is 0.352 e. The molecule has 7 heteroatoms. The van der Waals surface area contributed by atoms with E-state index in [-0.39, 0.29) is 17.9 Å². The molecule has 3 rings (SSSR count). The second kappa shape index (κ2) is 12.7. The Morgan fingerprint density at radius 2 is 1.73 bits per heavy atom. The summed E-state index contributed by atoms with van der Waals surface area (Å²) in [7, 11) is 0. The van der Waals surface area contributed by atoms with Crippen LogP contribution in [0.25, 0.3) is 0 Å². The molecule has 1 atom stereocenters. The van der Waals surface area contributed by atoms with E-state index in [0.29, 0.717) is 34.5 Å². The molecule has 0 radical (unpaired) electrons. The van der Waals surface area contributed by atoms with E-state index in [2.05, 4.69) is 5.32 Å². The molecule has 0 spiro atoms. The number of aryl methyl sites for hydroxylation is 1. The van der Waals surface area contributed by atoms with Gasteiger partial charge in [0.05, 0.1) is 15.8 Å². The van der Waals surface area contributed by atoms with Crippen molar-refractivity contribution in [1.29, 1.82) is 0 Å². The van der Waals surface area contributed by atoms with E-state index < -0.39 is 6.04 Å². The maximum atomic E-state index is 13.3. The van der Waals surface area contributed by atoms with Crippen molar-refractivity contribution in [3.05, 3.63) is 69.2 Å². The van der Waals surface area contributed by atoms with Crippen molar-refractivity contribution in [3.63, 3.8) is 0 Å². The summed E-state index contributed by atoms with van der Waals surface area (Å²) in [6.45, 7) is 4.43. The molecule has 0 saturated heterocycles. The zero-order valence-electron chi connectivity index (χ0n) is 19.3. The number of hydrogen-bond acceptors (Lipinski definition) is 3. The molecule has 2 aromatic rings. The number of halogens is 2. The molecular formula is C26H32Cl2N2O2S. The van der Waals surface area contributed by atoms with Crippen LogP contribution >= 0.6 is 35.0 Å². The highest BCUT2D eigenvalue weighted by atomic mass is 35.5. The molecular weight excluding hydrogens is 475 g/mol. The van der Waals surface area contributed by atoms with E-state index >= 15 is 0 Å². The van der Waals surface area contributed by atoms with Crippen molar-refractivity contribution in [2.45, 2.75) is 70.3 Å². The van der Waals surface area contributed by atoms with Gasteiger partial charge >= 0.3 is 0 Å². The summed E-state index contributed by atoms with van der Waals surface area (Å²) in [5.74, 6) is 0.860. The second-order valence-electron chi connectivity index (χ2n) is 8.66. The van der Waals surface area contributed by atoms with Crippen molar-refractivity contribution in [2.75, 3.05) is 5.75 Å². The Morgan fingerprint density at radius 1 is 1.06 bits per heavy atom. The van der Waals surface area contributed by atoms with Gasteiger partial charge in [0.25, 0.3) is 0 Å². The van der Waals surface area contributed by atoms with Crippen LogP contribution in [0.1, 0.15) is 55.7 Å². The average Bonchev–Trinajstić information content (AvgIpc) is 3.30. The van der Waals surface area contributed by atoms with Crippen LogP contribution in [0.15, 0.2) is 42.5 Å². The Kier molecular flexibility index (Phi) is 9.96. The summed E-state index contributed by atoms with van der Waals surface area (Å²) in [5.41, 5.74) is 3.20. The van der Waals surface area contributed by atoms with Gasteiger partial charge < -0.3 is 10.2 Å². The Balaban J connectivity index is 1.69. The molecule has 33 heavy (non-hydrogen) atoms. The lowest BCUT2D eigenvalue weighted by molar-refractivity contribution is -0.139. The van der Waals surface area contributed by atoms with Crippen molar-refractivity contribution >= 4 is 46.8 Å². The normalized spacial score (nSPS) is 14.8. The first kappa shape index (κ1) is 25.9. The SMILES string of the molecule is CCC(C(=O)NC1CCCC1)N(Cc1ccc(C)cc1)C(=O)CSCc1ccc(Cl)c(Cl)c1. The van der Waals surface area contributed by atoms with Gasteiger partial charge in [-0.05, 0) is 49.4 Å². The zero-order valence-corrected chi connectivity index (χ0v) is 21.6. The van der Waals surface area contributed by atoms with Crippen LogP contribution < -0.4 is 5.32 Å². The first-order valence-corrected chi connectivity index (χ1v) is 13.5. The van der Waals surface area contributed by atoms with E-state index in [9.17, 15) is 9.59 Å². The van der Waals surface area contributed by atoms with Crippen LogP contribution in [0.5, 0.6) is 0 Å². The third kappa shape index (κ3) is 7.66. The Bertz CT molecular complexity index is 946. The fourth-order valence-electron chi connectivity index (χ4n) is 4.15. The first-order valence-electron chi connectivity index (χ1n) is 11.5. The number of thioether (sulfide) groups is 1. The summed E-state index contributed by atoms with van der Waals surface area (Å²) in [5, 5.41) is 4.22. The van der Waals surface area contributed by atoms with E-state index in [0.717, 1.165) is 36.8 Å². The van der Waals surface area contributed by atoms with Crippen LogP contribution in [0.4, 0.5) is 0 Å². The maximum Gasteiger partial charge on any atom is 0.243 e. The van der Waals surface area contributed by atoms with E-state index in [4.69, 9.17) is 23.2 Å². The van der Waals surface area contributed by atoms with Crippen molar-refractivity contribution in [3.8, 4) is 0 Å². The molecule has 1 N–H and O–H groups in total. The number of amides is 2. The van der Waals surface area contributed by atoms with Gasteiger partial charge in [0.15, 0.2) is 0 Å². The van der Waals surface area contributed by atoms with Gasteiger partial charge in [-0.25, -0.2) is 0 Å². The van der Waals surface area contributed by atoms with Crippen LogP contribution in [0.2, 0.25) is 10.0 Å². The topological polar surface area (TPSA) is 49.4 Å². The monoisotopic (exact) mass is 506 g/mol. The summed E-state index contributed by atoms with van der Waals surface area (Å²) >= 11 is 13.6. The Hall–Kier alpha value is -1.69. The molecule has 1 fully saturated rings. The summed E-state index contributed by atoms with van der Waals surface area (Å²) in [6.07, 6.45) is 4.92. The van der Waals surface area contributed by atoms with Crippen LogP contribution in [0.3, 0.4) is 0 Å². The van der Waals surface area contributed by atoms with Gasteiger partial charge in [-0.2, -0.15) is 0 Å². The van der Waals surface area contributed by atoms with E-state index in [1.165, 1.54) is 17.3 Å².